The zero-order valence-corrected chi connectivity index (χ0v) is 34.1. The second-order valence-electron chi connectivity index (χ2n) is 16.6. The summed E-state index contributed by atoms with van der Waals surface area (Å²) in [5.74, 6) is 0. The quantitative estimate of drug-likeness (QED) is 0.156. The van der Waals surface area contributed by atoms with Gasteiger partial charge in [0.1, 0.15) is 22.3 Å². The SMILES string of the molecule is c1ccc(-c2cccc3c2c2ccccc2n3-c2ccc3oc4cccc(-c5ccc6c(c5)oc5cc(C7NC(c8ccccc8)NC(c8ccccc8)N7)ccc56)c4c3c2)cc1. The highest BCUT2D eigenvalue weighted by molar-refractivity contribution is 6.17. The second-order valence-corrected chi connectivity index (χ2v) is 16.6. The number of nitrogens with one attached hydrogen (secondary N) is 3. The Morgan fingerprint density at radius 2 is 0.921 bits per heavy atom. The molecular formula is C57H40N4O2. The zero-order chi connectivity index (χ0) is 41.4. The molecule has 0 aliphatic carbocycles. The summed E-state index contributed by atoms with van der Waals surface area (Å²) < 4.78 is 15.7. The number of fused-ring (bicyclic) bond motifs is 9. The molecule has 0 saturated carbocycles. The fourth-order valence-electron chi connectivity index (χ4n) is 10.0. The lowest BCUT2D eigenvalue weighted by atomic mass is 9.98. The fraction of sp³-hybridized carbons (Fsp3) is 0.0526. The lowest BCUT2D eigenvalue weighted by Gasteiger charge is -2.39. The van der Waals surface area contributed by atoms with Crippen molar-refractivity contribution in [1.29, 1.82) is 0 Å². The summed E-state index contributed by atoms with van der Waals surface area (Å²) in [5, 5.41) is 18.2. The van der Waals surface area contributed by atoms with Crippen molar-refractivity contribution in [2.45, 2.75) is 18.5 Å². The molecule has 6 heteroatoms. The first-order valence-corrected chi connectivity index (χ1v) is 21.6. The summed E-state index contributed by atoms with van der Waals surface area (Å²) in [6.07, 6.45) is -0.229. The summed E-state index contributed by atoms with van der Waals surface area (Å²) in [5.41, 5.74) is 14.9. The molecule has 1 fully saturated rings. The Morgan fingerprint density at radius 3 is 1.67 bits per heavy atom. The molecule has 3 aromatic heterocycles. The van der Waals surface area contributed by atoms with Crippen LogP contribution in [0.4, 0.5) is 0 Å². The normalized spacial score (nSPS) is 16.9. The number of hydrogen-bond acceptors (Lipinski definition) is 5. The molecule has 2 unspecified atom stereocenters. The molecule has 9 aromatic carbocycles. The number of para-hydroxylation sites is 1. The lowest BCUT2D eigenvalue weighted by Crippen LogP contribution is -2.54. The molecule has 1 aliphatic heterocycles. The molecule has 12 aromatic rings. The third-order valence-electron chi connectivity index (χ3n) is 12.9. The predicted molar refractivity (Wildman–Crippen MR) is 257 cm³/mol. The van der Waals surface area contributed by atoms with E-state index in [4.69, 9.17) is 8.83 Å². The second kappa shape index (κ2) is 14.4. The molecule has 300 valence electrons. The van der Waals surface area contributed by atoms with Gasteiger partial charge in [-0.2, -0.15) is 0 Å². The van der Waals surface area contributed by atoms with Crippen LogP contribution in [0.25, 0.3) is 93.6 Å². The Labute approximate surface area is 363 Å². The number of rotatable bonds is 6. The van der Waals surface area contributed by atoms with Crippen LogP contribution in [0.3, 0.4) is 0 Å². The maximum absolute atomic E-state index is 6.74. The molecule has 0 amide bonds. The van der Waals surface area contributed by atoms with E-state index in [0.717, 1.165) is 66.3 Å². The number of hydrogen-bond donors (Lipinski definition) is 3. The molecule has 0 bridgehead atoms. The van der Waals surface area contributed by atoms with Crippen molar-refractivity contribution in [3.63, 3.8) is 0 Å². The Hall–Kier alpha value is -7.74. The lowest BCUT2D eigenvalue weighted by molar-refractivity contribution is 0.203. The maximum Gasteiger partial charge on any atom is 0.136 e. The van der Waals surface area contributed by atoms with E-state index in [0.29, 0.717) is 0 Å². The van der Waals surface area contributed by atoms with Crippen LogP contribution in [0.5, 0.6) is 0 Å². The molecule has 0 radical (unpaired) electrons. The van der Waals surface area contributed by atoms with Gasteiger partial charge in [0.15, 0.2) is 0 Å². The summed E-state index contributed by atoms with van der Waals surface area (Å²) in [7, 11) is 0. The monoisotopic (exact) mass is 812 g/mol. The minimum absolute atomic E-state index is 0.0520. The van der Waals surface area contributed by atoms with Crippen molar-refractivity contribution in [2.75, 3.05) is 0 Å². The molecule has 63 heavy (non-hydrogen) atoms. The number of benzene rings is 9. The average molecular weight is 813 g/mol. The molecule has 4 heterocycles. The van der Waals surface area contributed by atoms with E-state index in [-0.39, 0.29) is 18.5 Å². The van der Waals surface area contributed by atoms with Crippen LogP contribution in [-0.4, -0.2) is 4.57 Å². The molecule has 1 aliphatic rings. The fourth-order valence-corrected chi connectivity index (χ4v) is 10.0. The first-order valence-electron chi connectivity index (χ1n) is 21.6. The van der Waals surface area contributed by atoms with E-state index < -0.39 is 0 Å². The van der Waals surface area contributed by atoms with E-state index in [9.17, 15) is 0 Å². The topological polar surface area (TPSA) is 67.3 Å². The first-order chi connectivity index (χ1) is 31.2. The Balaban J connectivity index is 0.901. The zero-order valence-electron chi connectivity index (χ0n) is 34.1. The van der Waals surface area contributed by atoms with E-state index in [2.05, 4.69) is 227 Å². The molecular weight excluding hydrogens is 773 g/mol. The van der Waals surface area contributed by atoms with Gasteiger partial charge in [-0.3, -0.25) is 16.0 Å². The van der Waals surface area contributed by atoms with Crippen molar-refractivity contribution in [2.24, 2.45) is 0 Å². The summed E-state index contributed by atoms with van der Waals surface area (Å²) in [6.45, 7) is 0. The van der Waals surface area contributed by atoms with Gasteiger partial charge in [-0.25, -0.2) is 0 Å². The average Bonchev–Trinajstić information content (AvgIpc) is 4.03. The first kappa shape index (κ1) is 36.0. The van der Waals surface area contributed by atoms with Crippen LogP contribution < -0.4 is 16.0 Å². The van der Waals surface area contributed by atoms with Crippen molar-refractivity contribution < 1.29 is 8.83 Å². The third kappa shape index (κ3) is 5.92. The molecule has 0 spiro atoms. The van der Waals surface area contributed by atoms with Crippen molar-refractivity contribution in [3.8, 4) is 27.9 Å². The number of furan rings is 2. The Bertz CT molecular complexity index is 3630. The van der Waals surface area contributed by atoms with Gasteiger partial charge in [0.05, 0.1) is 29.5 Å². The van der Waals surface area contributed by atoms with Crippen LogP contribution in [0, 0.1) is 0 Å². The smallest absolute Gasteiger partial charge is 0.136 e. The van der Waals surface area contributed by atoms with E-state index in [1.165, 1.54) is 44.1 Å². The number of aromatic nitrogens is 1. The highest BCUT2D eigenvalue weighted by Crippen LogP contribution is 2.43. The van der Waals surface area contributed by atoms with E-state index in [1.54, 1.807) is 0 Å². The maximum atomic E-state index is 6.74. The van der Waals surface area contributed by atoms with Crippen LogP contribution in [0.2, 0.25) is 0 Å². The number of nitrogens with zero attached hydrogens (tertiary/aromatic N) is 1. The summed E-state index contributed by atoms with van der Waals surface area (Å²) >= 11 is 0. The minimum Gasteiger partial charge on any atom is -0.456 e. The molecule has 2 atom stereocenters. The van der Waals surface area contributed by atoms with Crippen LogP contribution in [0.1, 0.15) is 35.2 Å². The van der Waals surface area contributed by atoms with Gasteiger partial charge in [-0.15, -0.1) is 0 Å². The largest absolute Gasteiger partial charge is 0.456 e. The Morgan fingerprint density at radius 1 is 0.333 bits per heavy atom. The third-order valence-corrected chi connectivity index (χ3v) is 12.9. The standard InChI is InChI=1S/C57H40N4O2/c1-4-14-35(15-5-1)41-21-12-24-48-53(41)45-20-10-11-23-47(45)61(48)40-28-31-49-46(34-40)54-42(22-13-25-50(54)62-49)38-26-29-43-44-30-27-39(33-52(44)63-51(43)32-38)57-59-55(36-16-6-2-7-17-36)58-56(60-57)37-18-8-3-9-19-37/h1-34,55-60H. The molecule has 1 saturated heterocycles. The van der Waals surface area contributed by atoms with Crippen LogP contribution in [0.15, 0.2) is 215 Å². The highest BCUT2D eigenvalue weighted by Gasteiger charge is 2.30. The van der Waals surface area contributed by atoms with Gasteiger partial charge in [-0.05, 0) is 93.5 Å². The van der Waals surface area contributed by atoms with Gasteiger partial charge in [0.25, 0.3) is 0 Å². The van der Waals surface area contributed by atoms with E-state index in [1.807, 2.05) is 0 Å². The van der Waals surface area contributed by atoms with Crippen molar-refractivity contribution in [3.05, 3.63) is 223 Å². The van der Waals surface area contributed by atoms with Crippen molar-refractivity contribution in [1.82, 2.24) is 20.5 Å². The molecule has 3 N–H and O–H groups in total. The van der Waals surface area contributed by atoms with Gasteiger partial charge in [0.2, 0.25) is 0 Å². The molecule has 6 nitrogen and oxygen atoms in total. The van der Waals surface area contributed by atoms with Crippen LogP contribution in [-0.2, 0) is 0 Å². The van der Waals surface area contributed by atoms with E-state index >= 15 is 0 Å². The van der Waals surface area contributed by atoms with Crippen molar-refractivity contribution >= 4 is 65.7 Å². The minimum atomic E-state index is -0.125. The van der Waals surface area contributed by atoms with Gasteiger partial charge >= 0.3 is 0 Å². The highest BCUT2D eigenvalue weighted by atomic mass is 16.3. The predicted octanol–water partition coefficient (Wildman–Crippen LogP) is 14.1. The van der Waals surface area contributed by atoms with Crippen LogP contribution >= 0.6 is 0 Å². The Kier molecular flexibility index (Phi) is 8.24. The van der Waals surface area contributed by atoms with Gasteiger partial charge < -0.3 is 13.4 Å². The van der Waals surface area contributed by atoms with Gasteiger partial charge in [-0.1, -0.05) is 152 Å². The summed E-state index contributed by atoms with van der Waals surface area (Å²) in [4.78, 5) is 0. The molecule has 13 rings (SSSR count). The van der Waals surface area contributed by atoms with Gasteiger partial charge in [0, 0.05) is 38.0 Å². The summed E-state index contributed by atoms with van der Waals surface area (Å²) in [6, 6.07) is 73.3.